The van der Waals surface area contributed by atoms with Crippen LogP contribution in [0.3, 0.4) is 0 Å². The molecule has 80 valence electrons. The molecule has 0 radical (unpaired) electrons. The zero-order chi connectivity index (χ0) is 11.3. The largest absolute Gasteiger partial charge is 0.454 e. The van der Waals surface area contributed by atoms with Gasteiger partial charge in [0.2, 0.25) is 0 Å². The number of benzene rings is 1. The van der Waals surface area contributed by atoms with Crippen molar-refractivity contribution in [2.45, 2.75) is 6.92 Å². The van der Waals surface area contributed by atoms with Crippen LogP contribution in [0.2, 0.25) is 0 Å². The summed E-state index contributed by atoms with van der Waals surface area (Å²) in [5.41, 5.74) is 4.41. The molecule has 3 heteroatoms. The molecule has 0 aliphatic rings. The lowest BCUT2D eigenvalue weighted by molar-refractivity contribution is 0.111. The van der Waals surface area contributed by atoms with Crippen LogP contribution in [0.5, 0.6) is 0 Å². The summed E-state index contributed by atoms with van der Waals surface area (Å²) in [5.74, 6) is 0. The van der Waals surface area contributed by atoms with E-state index < -0.39 is 0 Å². The molecule has 0 spiro atoms. The number of para-hydroxylation sites is 1. The number of nitrogens with zero attached hydrogens (tertiary/aromatic N) is 1. The number of hydrogen-bond acceptors (Lipinski definition) is 2. The molecule has 0 aliphatic heterocycles. The van der Waals surface area contributed by atoms with Gasteiger partial charge in [-0.2, -0.15) is 0 Å². The fourth-order valence-corrected chi connectivity index (χ4v) is 2.18. The van der Waals surface area contributed by atoms with Crippen LogP contribution in [-0.2, 0) is 7.05 Å². The normalized spacial score (nSPS) is 11.4. The molecule has 3 nitrogen and oxygen atoms in total. The van der Waals surface area contributed by atoms with Crippen molar-refractivity contribution >= 4 is 28.4 Å². The minimum absolute atomic E-state index is 0.636. The van der Waals surface area contributed by atoms with Gasteiger partial charge >= 0.3 is 0 Å². The Hall–Kier alpha value is -2.03. The second kappa shape index (κ2) is 2.98. The number of aryl methyl sites for hydroxylation is 2. The third-order valence-electron chi connectivity index (χ3n) is 3.03. The van der Waals surface area contributed by atoms with Crippen LogP contribution in [-0.4, -0.2) is 10.9 Å². The Labute approximate surface area is 92.3 Å². The smallest absolute Gasteiger partial charge is 0.166 e. The minimum Gasteiger partial charge on any atom is -0.454 e. The summed E-state index contributed by atoms with van der Waals surface area (Å²) in [5, 5.41) is 1.06. The second-order valence-electron chi connectivity index (χ2n) is 4.01. The first-order chi connectivity index (χ1) is 7.72. The third-order valence-corrected chi connectivity index (χ3v) is 3.03. The minimum atomic E-state index is 0.636. The molecular formula is C13H11NO2. The van der Waals surface area contributed by atoms with E-state index >= 15 is 0 Å². The maximum absolute atomic E-state index is 10.8. The standard InChI is InChI=1S/C13H11NO2/c1-8-4-3-5-10-12-11(16-13(8)10)6-9(7-15)14(12)2/h3-7H,1-2H3. The molecule has 2 heterocycles. The molecular weight excluding hydrogens is 202 g/mol. The van der Waals surface area contributed by atoms with Crippen molar-refractivity contribution in [3.05, 3.63) is 35.5 Å². The van der Waals surface area contributed by atoms with E-state index in [1.165, 1.54) is 0 Å². The molecule has 16 heavy (non-hydrogen) atoms. The van der Waals surface area contributed by atoms with Gasteiger partial charge in [0.25, 0.3) is 0 Å². The summed E-state index contributed by atoms with van der Waals surface area (Å²) >= 11 is 0. The van der Waals surface area contributed by atoms with Gasteiger partial charge in [0.05, 0.1) is 11.2 Å². The van der Waals surface area contributed by atoms with Crippen LogP contribution >= 0.6 is 0 Å². The summed E-state index contributed by atoms with van der Waals surface area (Å²) in [6, 6.07) is 7.82. The Balaban J connectivity index is 2.56. The predicted octanol–water partition coefficient (Wildman–Crippen LogP) is 3.05. The lowest BCUT2D eigenvalue weighted by Crippen LogP contribution is -1.93. The van der Waals surface area contributed by atoms with Crippen LogP contribution in [0.15, 0.2) is 28.7 Å². The fraction of sp³-hybridized carbons (Fsp3) is 0.154. The second-order valence-corrected chi connectivity index (χ2v) is 4.01. The van der Waals surface area contributed by atoms with Crippen molar-refractivity contribution in [2.75, 3.05) is 0 Å². The molecule has 0 saturated heterocycles. The number of aromatic nitrogens is 1. The van der Waals surface area contributed by atoms with Gasteiger partial charge in [0.1, 0.15) is 5.58 Å². The molecule has 1 aromatic carbocycles. The van der Waals surface area contributed by atoms with Crippen molar-refractivity contribution in [2.24, 2.45) is 7.05 Å². The van der Waals surface area contributed by atoms with E-state index in [0.717, 1.165) is 33.9 Å². The summed E-state index contributed by atoms with van der Waals surface area (Å²) in [4.78, 5) is 10.8. The molecule has 0 saturated carbocycles. The summed E-state index contributed by atoms with van der Waals surface area (Å²) in [7, 11) is 1.88. The van der Waals surface area contributed by atoms with Crippen molar-refractivity contribution in [3.8, 4) is 0 Å². The van der Waals surface area contributed by atoms with Crippen LogP contribution < -0.4 is 0 Å². The van der Waals surface area contributed by atoms with Gasteiger partial charge in [-0.25, -0.2) is 0 Å². The van der Waals surface area contributed by atoms with E-state index in [1.807, 2.05) is 36.7 Å². The highest BCUT2D eigenvalue weighted by atomic mass is 16.3. The maximum Gasteiger partial charge on any atom is 0.166 e. The zero-order valence-corrected chi connectivity index (χ0v) is 9.15. The summed E-state index contributed by atoms with van der Waals surface area (Å²) in [6.45, 7) is 2.02. The van der Waals surface area contributed by atoms with Crippen LogP contribution in [0.1, 0.15) is 16.1 Å². The molecule has 0 amide bonds. The number of aldehydes is 1. The van der Waals surface area contributed by atoms with Crippen LogP contribution in [0, 0.1) is 6.92 Å². The number of fused-ring (bicyclic) bond motifs is 3. The molecule has 2 aromatic heterocycles. The lowest BCUT2D eigenvalue weighted by Gasteiger charge is -1.97. The summed E-state index contributed by atoms with van der Waals surface area (Å²) < 4.78 is 7.64. The molecule has 0 unspecified atom stereocenters. The average molecular weight is 213 g/mol. The van der Waals surface area contributed by atoms with Gasteiger partial charge in [0, 0.05) is 18.5 Å². The first-order valence-electron chi connectivity index (χ1n) is 5.15. The van der Waals surface area contributed by atoms with E-state index in [4.69, 9.17) is 4.42 Å². The van der Waals surface area contributed by atoms with E-state index in [-0.39, 0.29) is 0 Å². The Bertz CT molecular complexity index is 703. The highest BCUT2D eigenvalue weighted by Crippen LogP contribution is 2.31. The van der Waals surface area contributed by atoms with Gasteiger partial charge in [-0.15, -0.1) is 0 Å². The molecule has 3 rings (SSSR count). The fourth-order valence-electron chi connectivity index (χ4n) is 2.18. The van der Waals surface area contributed by atoms with Gasteiger partial charge in [0.15, 0.2) is 11.9 Å². The predicted molar refractivity (Wildman–Crippen MR) is 62.8 cm³/mol. The molecule has 0 atom stereocenters. The number of rotatable bonds is 1. The quantitative estimate of drug-likeness (QED) is 0.582. The highest BCUT2D eigenvalue weighted by molar-refractivity contribution is 6.06. The van der Waals surface area contributed by atoms with Gasteiger partial charge < -0.3 is 8.98 Å². The van der Waals surface area contributed by atoms with Crippen LogP contribution in [0.25, 0.3) is 22.1 Å². The molecule has 0 bridgehead atoms. The number of furan rings is 1. The molecule has 0 aliphatic carbocycles. The third kappa shape index (κ3) is 0.999. The molecule has 3 aromatic rings. The molecule has 0 N–H and O–H groups in total. The van der Waals surface area contributed by atoms with E-state index in [2.05, 4.69) is 0 Å². The van der Waals surface area contributed by atoms with E-state index in [9.17, 15) is 4.79 Å². The van der Waals surface area contributed by atoms with Crippen molar-refractivity contribution in [1.29, 1.82) is 0 Å². The highest BCUT2D eigenvalue weighted by Gasteiger charge is 2.14. The van der Waals surface area contributed by atoms with Crippen molar-refractivity contribution in [3.63, 3.8) is 0 Å². The first kappa shape index (κ1) is 9.21. The van der Waals surface area contributed by atoms with Crippen molar-refractivity contribution < 1.29 is 9.21 Å². The lowest BCUT2D eigenvalue weighted by atomic mass is 10.2. The van der Waals surface area contributed by atoms with Crippen molar-refractivity contribution in [1.82, 2.24) is 4.57 Å². The molecule has 0 fully saturated rings. The number of hydrogen-bond donors (Lipinski definition) is 0. The Morgan fingerprint density at radius 3 is 2.94 bits per heavy atom. The Morgan fingerprint density at radius 2 is 2.19 bits per heavy atom. The number of carbonyl (C=O) groups is 1. The van der Waals surface area contributed by atoms with Crippen LogP contribution in [0.4, 0.5) is 0 Å². The monoisotopic (exact) mass is 213 g/mol. The van der Waals surface area contributed by atoms with Gasteiger partial charge in [-0.3, -0.25) is 4.79 Å². The SMILES string of the molecule is Cc1cccc2c1oc1cc(C=O)n(C)c12. The van der Waals surface area contributed by atoms with E-state index in [0.29, 0.717) is 5.69 Å². The Morgan fingerprint density at radius 1 is 1.38 bits per heavy atom. The topological polar surface area (TPSA) is 35.1 Å². The zero-order valence-electron chi connectivity index (χ0n) is 9.15. The maximum atomic E-state index is 10.8. The first-order valence-corrected chi connectivity index (χ1v) is 5.15. The Kier molecular flexibility index (Phi) is 1.72. The summed E-state index contributed by atoms with van der Waals surface area (Å²) in [6.07, 6.45) is 0.844. The van der Waals surface area contributed by atoms with Gasteiger partial charge in [-0.1, -0.05) is 12.1 Å². The number of carbonyl (C=O) groups excluding carboxylic acids is 1. The average Bonchev–Trinajstić information content (AvgIpc) is 2.77. The van der Waals surface area contributed by atoms with Gasteiger partial charge in [-0.05, 0) is 18.6 Å². The van der Waals surface area contributed by atoms with E-state index in [1.54, 1.807) is 6.07 Å².